The van der Waals surface area contributed by atoms with Crippen LogP contribution in [0.3, 0.4) is 0 Å². The van der Waals surface area contributed by atoms with E-state index >= 15 is 0 Å². The van der Waals surface area contributed by atoms with Gasteiger partial charge in [-0.3, -0.25) is 4.79 Å². The minimum Gasteiger partial charge on any atom is -0.378 e. The molecule has 0 saturated carbocycles. The van der Waals surface area contributed by atoms with Crippen LogP contribution >= 0.6 is 0 Å². The number of amides is 1. The first-order chi connectivity index (χ1) is 11.2. The summed E-state index contributed by atoms with van der Waals surface area (Å²) < 4.78 is 11.2. The third-order valence-electron chi connectivity index (χ3n) is 5.08. The maximum atomic E-state index is 11.7. The van der Waals surface area contributed by atoms with Crippen molar-refractivity contribution in [1.82, 2.24) is 14.9 Å². The first-order valence-electron chi connectivity index (χ1n) is 8.20. The Balaban J connectivity index is 1.67. The molecular formula is C16H22N4O3. The van der Waals surface area contributed by atoms with Gasteiger partial charge in [0.2, 0.25) is 11.9 Å². The van der Waals surface area contributed by atoms with E-state index in [2.05, 4.69) is 9.88 Å². The summed E-state index contributed by atoms with van der Waals surface area (Å²) in [6.45, 7) is 7.35. The number of ether oxygens (including phenoxy) is 2. The summed E-state index contributed by atoms with van der Waals surface area (Å²) in [7, 11) is 0. The molecule has 0 N–H and O–H groups in total. The van der Waals surface area contributed by atoms with E-state index in [9.17, 15) is 4.79 Å². The molecule has 0 aliphatic carbocycles. The molecule has 1 unspecified atom stereocenters. The van der Waals surface area contributed by atoms with Gasteiger partial charge in [0, 0.05) is 44.9 Å². The SMILES string of the molecule is CC(=O)N1CCC2(COCc3cnc(N4CCOCC4)nc32)C1. The summed E-state index contributed by atoms with van der Waals surface area (Å²) in [5, 5.41) is 0. The second-order valence-electron chi connectivity index (χ2n) is 6.61. The lowest BCUT2D eigenvalue weighted by molar-refractivity contribution is -0.128. The van der Waals surface area contributed by atoms with Crippen molar-refractivity contribution in [3.8, 4) is 0 Å². The Morgan fingerprint density at radius 3 is 2.83 bits per heavy atom. The van der Waals surface area contributed by atoms with Gasteiger partial charge in [-0.2, -0.15) is 0 Å². The summed E-state index contributed by atoms with van der Waals surface area (Å²) in [4.78, 5) is 25.2. The van der Waals surface area contributed by atoms with Crippen molar-refractivity contribution in [3.63, 3.8) is 0 Å². The fourth-order valence-electron chi connectivity index (χ4n) is 3.76. The third kappa shape index (κ3) is 2.57. The maximum Gasteiger partial charge on any atom is 0.225 e. The topological polar surface area (TPSA) is 67.8 Å². The van der Waals surface area contributed by atoms with E-state index < -0.39 is 0 Å². The molecular weight excluding hydrogens is 296 g/mol. The number of hydrogen-bond acceptors (Lipinski definition) is 6. The molecule has 0 radical (unpaired) electrons. The molecule has 0 bridgehead atoms. The van der Waals surface area contributed by atoms with Crippen LogP contribution in [0.25, 0.3) is 0 Å². The molecule has 3 aliphatic rings. The Labute approximate surface area is 135 Å². The molecule has 3 aliphatic heterocycles. The zero-order valence-corrected chi connectivity index (χ0v) is 13.5. The summed E-state index contributed by atoms with van der Waals surface area (Å²) in [6, 6.07) is 0. The van der Waals surface area contributed by atoms with Crippen molar-refractivity contribution in [1.29, 1.82) is 0 Å². The normalized spacial score (nSPS) is 27.3. The predicted octanol–water partition coefficient (Wildman–Crippen LogP) is 0.333. The first-order valence-corrected chi connectivity index (χ1v) is 8.20. The largest absolute Gasteiger partial charge is 0.378 e. The summed E-state index contributed by atoms with van der Waals surface area (Å²) in [6.07, 6.45) is 2.80. The van der Waals surface area contributed by atoms with Crippen LogP contribution in [-0.4, -0.2) is 66.8 Å². The van der Waals surface area contributed by atoms with E-state index in [1.54, 1.807) is 6.92 Å². The van der Waals surface area contributed by atoms with Crippen molar-refractivity contribution in [2.45, 2.75) is 25.4 Å². The van der Waals surface area contributed by atoms with Gasteiger partial charge >= 0.3 is 0 Å². The molecule has 7 nitrogen and oxygen atoms in total. The number of carbonyl (C=O) groups excluding carboxylic acids is 1. The van der Waals surface area contributed by atoms with Crippen molar-refractivity contribution in [2.75, 3.05) is 50.9 Å². The van der Waals surface area contributed by atoms with Gasteiger partial charge in [-0.25, -0.2) is 9.97 Å². The fourth-order valence-corrected chi connectivity index (χ4v) is 3.76. The molecule has 4 heterocycles. The van der Waals surface area contributed by atoms with Gasteiger partial charge in [-0.05, 0) is 6.42 Å². The lowest BCUT2D eigenvalue weighted by Crippen LogP contribution is -2.42. The Morgan fingerprint density at radius 1 is 1.26 bits per heavy atom. The molecule has 0 aromatic carbocycles. The zero-order valence-electron chi connectivity index (χ0n) is 13.5. The van der Waals surface area contributed by atoms with E-state index in [0.29, 0.717) is 33.0 Å². The van der Waals surface area contributed by atoms with E-state index in [-0.39, 0.29) is 11.3 Å². The Morgan fingerprint density at radius 2 is 2.09 bits per heavy atom. The summed E-state index contributed by atoms with van der Waals surface area (Å²) in [5.74, 6) is 0.894. The highest BCUT2D eigenvalue weighted by Crippen LogP contribution is 2.39. The van der Waals surface area contributed by atoms with Gasteiger partial charge in [0.05, 0.1) is 37.5 Å². The highest BCUT2D eigenvalue weighted by molar-refractivity contribution is 5.74. The van der Waals surface area contributed by atoms with Gasteiger partial charge in [0.25, 0.3) is 0 Å². The van der Waals surface area contributed by atoms with E-state index in [1.165, 1.54) is 0 Å². The second kappa shape index (κ2) is 5.72. The average molecular weight is 318 g/mol. The van der Waals surface area contributed by atoms with Crippen LogP contribution in [0.1, 0.15) is 24.6 Å². The van der Waals surface area contributed by atoms with Crippen LogP contribution in [0.5, 0.6) is 0 Å². The van der Waals surface area contributed by atoms with Crippen LogP contribution < -0.4 is 4.90 Å². The number of anilines is 1. The van der Waals surface area contributed by atoms with Crippen molar-refractivity contribution in [2.24, 2.45) is 0 Å². The minimum absolute atomic E-state index is 0.122. The molecule has 1 amide bonds. The van der Waals surface area contributed by atoms with Crippen molar-refractivity contribution in [3.05, 3.63) is 17.5 Å². The Kier molecular flexibility index (Phi) is 3.69. The van der Waals surface area contributed by atoms with E-state index in [1.807, 2.05) is 11.1 Å². The molecule has 124 valence electrons. The number of likely N-dealkylation sites (tertiary alicyclic amines) is 1. The average Bonchev–Trinajstić information content (AvgIpc) is 3.01. The number of hydrogen-bond donors (Lipinski definition) is 0. The standard InChI is InChI=1S/C16H22N4O3/c1-12(21)20-3-2-16(10-20)11-23-9-13-8-17-15(18-14(13)16)19-4-6-22-7-5-19/h8H,2-7,9-11H2,1H3. The van der Waals surface area contributed by atoms with E-state index in [0.717, 1.165) is 43.3 Å². The molecule has 7 heteroatoms. The van der Waals surface area contributed by atoms with E-state index in [4.69, 9.17) is 14.5 Å². The summed E-state index contributed by atoms with van der Waals surface area (Å²) >= 11 is 0. The Bertz CT molecular complexity index is 617. The van der Waals surface area contributed by atoms with Gasteiger partial charge in [-0.15, -0.1) is 0 Å². The minimum atomic E-state index is -0.177. The molecule has 1 aromatic heterocycles. The van der Waals surface area contributed by atoms with Crippen LogP contribution in [-0.2, 0) is 26.3 Å². The number of fused-ring (bicyclic) bond motifs is 2. The molecule has 1 spiro atoms. The second-order valence-corrected chi connectivity index (χ2v) is 6.61. The summed E-state index contributed by atoms with van der Waals surface area (Å²) in [5.41, 5.74) is 1.95. The lowest BCUT2D eigenvalue weighted by atomic mass is 9.80. The molecule has 23 heavy (non-hydrogen) atoms. The lowest BCUT2D eigenvalue weighted by Gasteiger charge is -2.35. The third-order valence-corrected chi connectivity index (χ3v) is 5.08. The van der Waals surface area contributed by atoms with Crippen LogP contribution in [0, 0.1) is 0 Å². The van der Waals surface area contributed by atoms with Crippen molar-refractivity contribution >= 4 is 11.9 Å². The smallest absolute Gasteiger partial charge is 0.225 e. The maximum absolute atomic E-state index is 11.7. The first kappa shape index (κ1) is 14.8. The number of rotatable bonds is 1. The number of nitrogens with zero attached hydrogens (tertiary/aromatic N) is 4. The predicted molar refractivity (Wildman–Crippen MR) is 83.3 cm³/mol. The van der Waals surface area contributed by atoms with Crippen molar-refractivity contribution < 1.29 is 14.3 Å². The van der Waals surface area contributed by atoms with Gasteiger partial charge in [-0.1, -0.05) is 0 Å². The highest BCUT2D eigenvalue weighted by atomic mass is 16.5. The molecule has 2 fully saturated rings. The van der Waals surface area contributed by atoms with Gasteiger partial charge < -0.3 is 19.3 Å². The number of carbonyl (C=O) groups is 1. The van der Waals surface area contributed by atoms with Crippen LogP contribution in [0.15, 0.2) is 6.20 Å². The molecule has 1 aromatic rings. The van der Waals surface area contributed by atoms with Gasteiger partial charge in [0.1, 0.15) is 0 Å². The quantitative estimate of drug-likeness (QED) is 0.743. The fraction of sp³-hybridized carbons (Fsp3) is 0.688. The number of aromatic nitrogens is 2. The highest BCUT2D eigenvalue weighted by Gasteiger charge is 2.45. The van der Waals surface area contributed by atoms with Gasteiger partial charge in [0.15, 0.2) is 0 Å². The monoisotopic (exact) mass is 318 g/mol. The molecule has 4 rings (SSSR count). The molecule has 2 saturated heterocycles. The molecule has 1 atom stereocenters. The zero-order chi connectivity index (χ0) is 15.9. The van der Waals surface area contributed by atoms with Crippen LogP contribution in [0.2, 0.25) is 0 Å². The van der Waals surface area contributed by atoms with Crippen LogP contribution in [0.4, 0.5) is 5.95 Å². The number of morpholine rings is 1. The Hall–Kier alpha value is -1.73.